The molecule has 202 valence electrons. The summed E-state index contributed by atoms with van der Waals surface area (Å²) in [4.78, 5) is 46.6. The molecule has 2 aliphatic heterocycles. The van der Waals surface area contributed by atoms with Crippen molar-refractivity contribution in [3.05, 3.63) is 0 Å². The number of nitrogens with two attached hydrogens (primary N) is 2. The van der Waals surface area contributed by atoms with E-state index in [0.29, 0.717) is 6.42 Å². The van der Waals surface area contributed by atoms with Gasteiger partial charge >= 0.3 is 31.0 Å². The molecular formula is C19H31BN4O11S. The third-order valence-corrected chi connectivity index (χ3v) is 8.98. The molecule has 0 unspecified atom stereocenters. The van der Waals surface area contributed by atoms with E-state index in [9.17, 15) is 32.7 Å². The normalized spacial score (nSPS) is 29.9. The van der Waals surface area contributed by atoms with E-state index in [-0.39, 0.29) is 44.3 Å². The molecule has 3 fully saturated rings. The van der Waals surface area contributed by atoms with Gasteiger partial charge in [0.15, 0.2) is 5.60 Å². The molecule has 36 heavy (non-hydrogen) atoms. The maximum Gasteiger partial charge on any atom is 0.528 e. The zero-order valence-electron chi connectivity index (χ0n) is 19.7. The minimum Gasteiger partial charge on any atom is -0.507 e. The first-order valence-electron chi connectivity index (χ1n) is 11.5. The van der Waals surface area contributed by atoms with E-state index in [2.05, 4.69) is 0 Å². The molecule has 0 aromatic rings. The fourth-order valence-electron chi connectivity index (χ4n) is 4.89. The van der Waals surface area contributed by atoms with E-state index >= 15 is 0 Å². The van der Waals surface area contributed by atoms with Crippen molar-refractivity contribution in [1.82, 2.24) is 8.61 Å². The van der Waals surface area contributed by atoms with E-state index in [0.717, 1.165) is 4.31 Å². The predicted octanol–water partition coefficient (Wildman–Crippen LogP) is -2.10. The summed E-state index contributed by atoms with van der Waals surface area (Å²) < 4.78 is 39.1. The van der Waals surface area contributed by atoms with Crippen molar-refractivity contribution in [3.8, 4) is 0 Å². The minimum atomic E-state index is -4.01. The summed E-state index contributed by atoms with van der Waals surface area (Å²) in [6.45, 7) is 1.27. The summed E-state index contributed by atoms with van der Waals surface area (Å²) in [5, 5.41) is 27.9. The average Bonchev–Trinajstić information content (AvgIpc) is 3.22. The van der Waals surface area contributed by atoms with Gasteiger partial charge in [0.05, 0.1) is 12.8 Å². The summed E-state index contributed by atoms with van der Waals surface area (Å²) in [5.41, 5.74) is 7.97. The largest absolute Gasteiger partial charge is 0.528 e. The fourth-order valence-corrected chi connectivity index (χ4v) is 6.84. The van der Waals surface area contributed by atoms with Crippen molar-refractivity contribution < 1.29 is 52.2 Å². The average molecular weight is 534 g/mol. The molecule has 2 saturated heterocycles. The standard InChI is InChI=1S/C19H31BN4O11S/c1-2-24(13-6-12(13)21)36(32,33)23-9-11(19(22,10-23)16(29)30)4-3-5-20-34-17(31)18(35-20,7-14(25)26)8-15(27)28/h11-13H,2-10,21-22H2,1H3,(H,25,26)(H,27,28)(H,29,30)/t11-,12-,13-,19-/m0/s1. The van der Waals surface area contributed by atoms with Gasteiger partial charge in [-0.15, -0.1) is 0 Å². The molecule has 0 radical (unpaired) electrons. The van der Waals surface area contributed by atoms with E-state index in [4.69, 9.17) is 31.0 Å². The Bertz CT molecular complexity index is 1010. The van der Waals surface area contributed by atoms with Crippen LogP contribution in [0.3, 0.4) is 0 Å². The topological polar surface area (TPSA) is 240 Å². The molecule has 0 bridgehead atoms. The molecule has 3 aliphatic rings. The predicted molar refractivity (Wildman–Crippen MR) is 122 cm³/mol. The first kappa shape index (κ1) is 28.3. The molecule has 3 rings (SSSR count). The van der Waals surface area contributed by atoms with Crippen molar-refractivity contribution in [2.75, 3.05) is 19.6 Å². The molecule has 1 aliphatic carbocycles. The second-order valence-electron chi connectivity index (χ2n) is 9.53. The summed E-state index contributed by atoms with van der Waals surface area (Å²) in [7, 11) is -5.24. The number of likely N-dealkylation sites (N-methyl/N-ethyl adjacent to an activating group) is 1. The molecule has 2 heterocycles. The van der Waals surface area contributed by atoms with E-state index < -0.39 is 77.6 Å². The van der Waals surface area contributed by atoms with Crippen LogP contribution in [0.4, 0.5) is 0 Å². The van der Waals surface area contributed by atoms with Gasteiger partial charge in [-0.3, -0.25) is 19.2 Å². The number of rotatable bonds is 13. The molecule has 17 heteroatoms. The molecule has 0 aromatic carbocycles. The maximum absolute atomic E-state index is 13.2. The van der Waals surface area contributed by atoms with Gasteiger partial charge in [-0.25, -0.2) is 0 Å². The summed E-state index contributed by atoms with van der Waals surface area (Å²) in [6.07, 6.45) is -0.955. The number of carbonyl (C=O) groups excluding carboxylic acids is 1. The summed E-state index contributed by atoms with van der Waals surface area (Å²) in [5.74, 6) is -6.13. The molecule has 0 aromatic heterocycles. The highest BCUT2D eigenvalue weighted by Gasteiger charge is 2.57. The lowest BCUT2D eigenvalue weighted by Crippen LogP contribution is -2.55. The van der Waals surface area contributed by atoms with Gasteiger partial charge in [0.1, 0.15) is 5.54 Å². The third-order valence-electron chi connectivity index (χ3n) is 6.93. The smallest absolute Gasteiger partial charge is 0.507 e. The molecule has 4 atom stereocenters. The second kappa shape index (κ2) is 10.2. The van der Waals surface area contributed by atoms with Crippen LogP contribution in [0.5, 0.6) is 0 Å². The highest BCUT2D eigenvalue weighted by molar-refractivity contribution is 7.86. The Labute approximate surface area is 208 Å². The van der Waals surface area contributed by atoms with Crippen LogP contribution < -0.4 is 11.5 Å². The Morgan fingerprint density at radius 1 is 1.22 bits per heavy atom. The molecule has 0 spiro atoms. The number of hydrogen-bond donors (Lipinski definition) is 5. The molecule has 0 amide bonds. The lowest BCUT2D eigenvalue weighted by atomic mass is 9.78. The SMILES string of the molecule is CCN([C@H]1C[C@@H]1N)S(=O)(=O)N1C[C@H](CCCB2OC(=O)C(CC(=O)O)(CC(=O)O)O2)[C@](N)(C(=O)O)C1. The van der Waals surface area contributed by atoms with Crippen LogP contribution in [-0.2, 0) is 38.7 Å². The lowest BCUT2D eigenvalue weighted by molar-refractivity contribution is -0.157. The molecule has 1 saturated carbocycles. The number of carbonyl (C=O) groups is 4. The number of carboxylic acid groups (broad SMARTS) is 3. The van der Waals surface area contributed by atoms with Crippen molar-refractivity contribution in [2.24, 2.45) is 17.4 Å². The number of hydrogen-bond acceptors (Lipinski definition) is 10. The van der Waals surface area contributed by atoms with Crippen molar-refractivity contribution >= 4 is 41.2 Å². The lowest BCUT2D eigenvalue weighted by Gasteiger charge is -2.27. The van der Waals surface area contributed by atoms with E-state index in [1.165, 1.54) is 4.31 Å². The summed E-state index contributed by atoms with van der Waals surface area (Å²) >= 11 is 0. The van der Waals surface area contributed by atoms with Crippen LogP contribution in [0.25, 0.3) is 0 Å². The van der Waals surface area contributed by atoms with Crippen LogP contribution in [0.15, 0.2) is 0 Å². The number of aliphatic carboxylic acids is 3. The Morgan fingerprint density at radius 2 is 1.81 bits per heavy atom. The summed E-state index contributed by atoms with van der Waals surface area (Å²) in [6, 6.07) is -0.620. The zero-order chi connectivity index (χ0) is 27.1. The van der Waals surface area contributed by atoms with Crippen molar-refractivity contribution in [2.45, 2.75) is 68.6 Å². The second-order valence-corrected chi connectivity index (χ2v) is 11.4. The Morgan fingerprint density at radius 3 is 2.28 bits per heavy atom. The Hall–Kier alpha value is -2.31. The van der Waals surface area contributed by atoms with Gasteiger partial charge in [-0.2, -0.15) is 17.0 Å². The maximum atomic E-state index is 13.2. The van der Waals surface area contributed by atoms with E-state index in [1.807, 2.05) is 0 Å². The van der Waals surface area contributed by atoms with Crippen molar-refractivity contribution in [3.63, 3.8) is 0 Å². The van der Waals surface area contributed by atoms with Crippen molar-refractivity contribution in [1.29, 1.82) is 0 Å². The van der Waals surface area contributed by atoms with Gasteiger partial charge in [-0.05, 0) is 19.2 Å². The molecule has 15 nitrogen and oxygen atoms in total. The highest BCUT2D eigenvalue weighted by Crippen LogP contribution is 2.37. The van der Waals surface area contributed by atoms with Crippen LogP contribution in [0.1, 0.15) is 39.0 Å². The van der Waals surface area contributed by atoms with Crippen LogP contribution in [0.2, 0.25) is 6.32 Å². The number of carboxylic acids is 3. The number of nitrogens with zero attached hydrogens (tertiary/aromatic N) is 2. The minimum absolute atomic E-state index is 0.00366. The zero-order valence-corrected chi connectivity index (χ0v) is 20.6. The van der Waals surface area contributed by atoms with Gasteiger partial charge < -0.3 is 36.1 Å². The van der Waals surface area contributed by atoms with Gasteiger partial charge in [0.2, 0.25) is 0 Å². The van der Waals surface area contributed by atoms with Gasteiger partial charge in [0.25, 0.3) is 10.2 Å². The third kappa shape index (κ3) is 5.50. The molecular weight excluding hydrogens is 503 g/mol. The highest BCUT2D eigenvalue weighted by atomic mass is 32.2. The van der Waals surface area contributed by atoms with Crippen LogP contribution in [0, 0.1) is 5.92 Å². The van der Waals surface area contributed by atoms with E-state index in [1.54, 1.807) is 6.92 Å². The Balaban J connectivity index is 1.66. The van der Waals surface area contributed by atoms with Gasteiger partial charge in [0, 0.05) is 37.6 Å². The fraction of sp³-hybridized carbons (Fsp3) is 0.789. The first-order chi connectivity index (χ1) is 16.7. The molecule has 7 N–H and O–H groups in total. The quantitative estimate of drug-likeness (QED) is 0.159. The Kier molecular flexibility index (Phi) is 8.02. The monoisotopic (exact) mass is 534 g/mol. The van der Waals surface area contributed by atoms with Gasteiger partial charge in [-0.1, -0.05) is 13.3 Å². The first-order valence-corrected chi connectivity index (χ1v) is 12.9. The van der Waals surface area contributed by atoms with Crippen LogP contribution >= 0.6 is 0 Å². The van der Waals surface area contributed by atoms with Crippen LogP contribution in [-0.4, -0.2) is 106 Å².